The number of anilines is 2. The highest BCUT2D eigenvalue weighted by molar-refractivity contribution is 6.00. The number of nitrogens with zero attached hydrogens (tertiary/aromatic N) is 2. The molecule has 0 unspecified atom stereocenters. The van der Waals surface area contributed by atoms with Crippen LogP contribution in [-0.2, 0) is 17.5 Å². The number of Topliss-reactive ketones (excluding diaryl/α,β-unsaturated/α-hetero) is 1. The van der Waals surface area contributed by atoms with E-state index < -0.39 is 17.2 Å². The molecule has 182 valence electrons. The van der Waals surface area contributed by atoms with Crippen molar-refractivity contribution in [2.45, 2.75) is 45.8 Å². The molecule has 9 heteroatoms. The quantitative estimate of drug-likeness (QED) is 0.413. The van der Waals surface area contributed by atoms with Gasteiger partial charge in [-0.3, -0.25) is 19.6 Å². The first-order valence-electron chi connectivity index (χ1n) is 11.2. The first kappa shape index (κ1) is 24.4. The van der Waals surface area contributed by atoms with Gasteiger partial charge < -0.3 is 10.6 Å². The highest BCUT2D eigenvalue weighted by Gasteiger charge is 2.51. The van der Waals surface area contributed by atoms with Crippen LogP contribution in [0.25, 0.3) is 0 Å². The summed E-state index contributed by atoms with van der Waals surface area (Å²) < 4.78 is 40.0. The number of amides is 1. The van der Waals surface area contributed by atoms with Gasteiger partial charge in [0.25, 0.3) is 0 Å². The molecular weight excluding hydrogens is 457 g/mol. The SMILES string of the molecule is Cc1ccc(Nc2ccc(CNC(=O)C3(CC(=O)c4ccc(C)nc4)CC3)nc2)c(C(F)(F)F)c1. The van der Waals surface area contributed by atoms with Crippen LogP contribution in [0.5, 0.6) is 0 Å². The molecule has 1 aliphatic carbocycles. The number of carbonyl (C=O) groups is 2. The fraction of sp³-hybridized carbons (Fsp3) is 0.308. The standard InChI is InChI=1S/C26H25F3N4O2/c1-16-3-8-22(21(11-16)26(27,28)29)33-20-7-6-19(31-15-20)14-32-24(35)25(9-10-25)12-23(34)18-5-4-17(2)30-13-18/h3-8,11,13,15,33H,9-10,12,14H2,1-2H3,(H,32,35). The number of pyridine rings is 2. The van der Waals surface area contributed by atoms with E-state index in [9.17, 15) is 22.8 Å². The molecule has 0 radical (unpaired) electrons. The van der Waals surface area contributed by atoms with E-state index in [1.165, 1.54) is 18.5 Å². The van der Waals surface area contributed by atoms with Crippen molar-refractivity contribution in [1.29, 1.82) is 0 Å². The number of rotatable bonds is 8. The summed E-state index contributed by atoms with van der Waals surface area (Å²) >= 11 is 0. The number of nitrogens with one attached hydrogen (secondary N) is 2. The van der Waals surface area contributed by atoms with Gasteiger partial charge in [0.15, 0.2) is 5.78 Å². The minimum Gasteiger partial charge on any atom is -0.354 e. The van der Waals surface area contributed by atoms with E-state index in [4.69, 9.17) is 0 Å². The topological polar surface area (TPSA) is 84.0 Å². The molecule has 0 atom stereocenters. The zero-order valence-electron chi connectivity index (χ0n) is 19.4. The molecule has 1 aromatic carbocycles. The lowest BCUT2D eigenvalue weighted by Gasteiger charge is -2.16. The van der Waals surface area contributed by atoms with Gasteiger partial charge >= 0.3 is 6.18 Å². The summed E-state index contributed by atoms with van der Waals surface area (Å²) in [4.78, 5) is 33.7. The summed E-state index contributed by atoms with van der Waals surface area (Å²) in [5.74, 6) is -0.322. The average Bonchev–Trinajstić information content (AvgIpc) is 3.60. The van der Waals surface area contributed by atoms with Crippen molar-refractivity contribution in [2.75, 3.05) is 5.32 Å². The second-order valence-electron chi connectivity index (χ2n) is 8.96. The van der Waals surface area contributed by atoms with E-state index in [0.717, 1.165) is 11.8 Å². The van der Waals surface area contributed by atoms with E-state index in [-0.39, 0.29) is 30.3 Å². The Bertz CT molecular complexity index is 1230. The van der Waals surface area contributed by atoms with Gasteiger partial charge in [-0.1, -0.05) is 11.6 Å². The second-order valence-corrected chi connectivity index (χ2v) is 8.96. The first-order chi connectivity index (χ1) is 16.6. The second kappa shape index (κ2) is 9.48. The summed E-state index contributed by atoms with van der Waals surface area (Å²) in [6, 6.07) is 10.8. The molecule has 1 saturated carbocycles. The average molecular weight is 483 g/mol. The molecular formula is C26H25F3N4O2. The molecule has 1 aliphatic rings. The van der Waals surface area contributed by atoms with Crippen LogP contribution in [0.1, 0.15) is 52.1 Å². The zero-order valence-corrected chi connectivity index (χ0v) is 19.4. The minimum absolute atomic E-state index is 0.0601. The Labute approximate surface area is 201 Å². The number of aryl methyl sites for hydroxylation is 2. The predicted molar refractivity (Wildman–Crippen MR) is 125 cm³/mol. The third-order valence-electron chi connectivity index (χ3n) is 6.08. The summed E-state index contributed by atoms with van der Waals surface area (Å²) in [6.07, 6.45) is -0.141. The summed E-state index contributed by atoms with van der Waals surface area (Å²) in [5, 5.41) is 5.59. The number of hydrogen-bond acceptors (Lipinski definition) is 5. The molecule has 2 heterocycles. The van der Waals surface area contributed by atoms with Crippen molar-refractivity contribution in [3.8, 4) is 0 Å². The number of halogens is 3. The fourth-order valence-corrected chi connectivity index (χ4v) is 3.80. The highest BCUT2D eigenvalue weighted by Crippen LogP contribution is 2.49. The van der Waals surface area contributed by atoms with Crippen LogP contribution in [0, 0.1) is 19.3 Å². The molecule has 0 saturated heterocycles. The van der Waals surface area contributed by atoms with E-state index >= 15 is 0 Å². The monoisotopic (exact) mass is 482 g/mol. The maximum atomic E-state index is 13.3. The van der Waals surface area contributed by atoms with Crippen LogP contribution in [-0.4, -0.2) is 21.7 Å². The van der Waals surface area contributed by atoms with Crippen LogP contribution in [0.4, 0.5) is 24.5 Å². The van der Waals surface area contributed by atoms with E-state index in [1.54, 1.807) is 37.3 Å². The number of hydrogen-bond donors (Lipinski definition) is 2. The van der Waals surface area contributed by atoms with Crippen molar-refractivity contribution < 1.29 is 22.8 Å². The van der Waals surface area contributed by atoms with E-state index in [0.29, 0.717) is 35.3 Å². The van der Waals surface area contributed by atoms with Crippen molar-refractivity contribution in [2.24, 2.45) is 5.41 Å². The maximum Gasteiger partial charge on any atom is 0.418 e. The summed E-state index contributed by atoms with van der Waals surface area (Å²) in [5.41, 5.74) is 1.24. The van der Waals surface area contributed by atoms with Gasteiger partial charge in [0.05, 0.1) is 40.8 Å². The van der Waals surface area contributed by atoms with Crippen LogP contribution < -0.4 is 10.6 Å². The molecule has 0 bridgehead atoms. The van der Waals surface area contributed by atoms with Gasteiger partial charge in [-0.15, -0.1) is 0 Å². The van der Waals surface area contributed by atoms with Gasteiger partial charge in [0.1, 0.15) is 0 Å². The van der Waals surface area contributed by atoms with Gasteiger partial charge in [-0.25, -0.2) is 0 Å². The minimum atomic E-state index is -4.48. The van der Waals surface area contributed by atoms with Gasteiger partial charge in [-0.2, -0.15) is 13.2 Å². The summed E-state index contributed by atoms with van der Waals surface area (Å²) in [7, 11) is 0. The Balaban J connectivity index is 1.34. The molecule has 1 amide bonds. The molecule has 6 nitrogen and oxygen atoms in total. The normalized spacial score (nSPS) is 14.3. The van der Waals surface area contributed by atoms with Crippen molar-refractivity contribution >= 4 is 23.1 Å². The fourth-order valence-electron chi connectivity index (χ4n) is 3.80. The van der Waals surface area contributed by atoms with Gasteiger partial charge in [0.2, 0.25) is 5.91 Å². The van der Waals surface area contributed by atoms with Crippen molar-refractivity contribution in [1.82, 2.24) is 15.3 Å². The smallest absolute Gasteiger partial charge is 0.354 e. The largest absolute Gasteiger partial charge is 0.418 e. The lowest BCUT2D eigenvalue weighted by Crippen LogP contribution is -2.33. The van der Waals surface area contributed by atoms with Gasteiger partial charge in [-0.05, 0) is 63.1 Å². The Morgan fingerprint density at radius 3 is 2.37 bits per heavy atom. The Morgan fingerprint density at radius 1 is 1.00 bits per heavy atom. The van der Waals surface area contributed by atoms with Crippen LogP contribution >= 0.6 is 0 Å². The number of benzene rings is 1. The number of carbonyl (C=O) groups excluding carboxylic acids is 2. The molecule has 1 fully saturated rings. The van der Waals surface area contributed by atoms with Gasteiger partial charge in [0, 0.05) is 23.9 Å². The van der Waals surface area contributed by atoms with E-state index in [2.05, 4.69) is 20.6 Å². The Morgan fingerprint density at radius 2 is 1.77 bits per heavy atom. The molecule has 0 aliphatic heterocycles. The number of aromatic nitrogens is 2. The number of ketones is 1. The van der Waals surface area contributed by atoms with Crippen molar-refractivity contribution in [3.05, 3.63) is 82.9 Å². The maximum absolute atomic E-state index is 13.3. The van der Waals surface area contributed by atoms with E-state index in [1.807, 2.05) is 6.92 Å². The zero-order chi connectivity index (χ0) is 25.2. The molecule has 0 spiro atoms. The van der Waals surface area contributed by atoms with Crippen LogP contribution in [0.15, 0.2) is 54.9 Å². The third kappa shape index (κ3) is 5.85. The van der Waals surface area contributed by atoms with Crippen molar-refractivity contribution in [3.63, 3.8) is 0 Å². The lowest BCUT2D eigenvalue weighted by molar-refractivity contribution is -0.137. The predicted octanol–water partition coefficient (Wildman–Crippen LogP) is 5.53. The molecule has 2 aromatic heterocycles. The first-order valence-corrected chi connectivity index (χ1v) is 11.2. The highest BCUT2D eigenvalue weighted by atomic mass is 19.4. The van der Waals surface area contributed by atoms with Crippen LogP contribution in [0.2, 0.25) is 0 Å². The lowest BCUT2D eigenvalue weighted by atomic mass is 9.95. The summed E-state index contributed by atoms with van der Waals surface area (Å²) in [6.45, 7) is 3.59. The molecule has 35 heavy (non-hydrogen) atoms. The Hall–Kier alpha value is -3.75. The third-order valence-corrected chi connectivity index (χ3v) is 6.08. The van der Waals surface area contributed by atoms with Crippen LogP contribution in [0.3, 0.4) is 0 Å². The Kier molecular flexibility index (Phi) is 6.60. The molecule has 4 rings (SSSR count). The molecule has 3 aromatic rings. The molecule has 2 N–H and O–H groups in total. The number of alkyl halides is 3.